The van der Waals surface area contributed by atoms with E-state index in [0.717, 1.165) is 0 Å². The first-order valence-corrected chi connectivity index (χ1v) is 10.3. The quantitative estimate of drug-likeness (QED) is 0.504. The van der Waals surface area contributed by atoms with Crippen molar-refractivity contribution in [2.45, 2.75) is 73.1 Å². The number of ether oxygens (including phenoxy) is 2. The molecule has 1 aliphatic rings. The first kappa shape index (κ1) is 25.0. The van der Waals surface area contributed by atoms with E-state index in [1.165, 1.54) is 39.0 Å². The summed E-state index contributed by atoms with van der Waals surface area (Å²) in [6, 6.07) is 2.72. The summed E-state index contributed by atoms with van der Waals surface area (Å²) in [5.74, 6) is -2.28. The molecule has 0 spiro atoms. The largest absolute Gasteiger partial charge is 0.489 e. The Morgan fingerprint density at radius 2 is 1.72 bits per heavy atom. The van der Waals surface area contributed by atoms with Gasteiger partial charge in [-0.1, -0.05) is 20.8 Å². The minimum Gasteiger partial charge on any atom is -0.489 e. The minimum atomic E-state index is -1.74. The van der Waals surface area contributed by atoms with E-state index in [2.05, 4.69) is 5.32 Å². The number of rotatable bonds is 7. The lowest BCUT2D eigenvalue weighted by molar-refractivity contribution is -0.145. The highest BCUT2D eigenvalue weighted by Gasteiger charge is 2.55. The molecule has 3 amide bonds. The van der Waals surface area contributed by atoms with Gasteiger partial charge >= 0.3 is 6.09 Å². The highest BCUT2D eigenvalue weighted by molar-refractivity contribution is 6.19. The summed E-state index contributed by atoms with van der Waals surface area (Å²) < 4.78 is 10.8. The topological polar surface area (TPSA) is 119 Å². The van der Waals surface area contributed by atoms with E-state index in [0.29, 0.717) is 10.5 Å². The van der Waals surface area contributed by atoms with E-state index in [1.807, 2.05) is 0 Å². The van der Waals surface area contributed by atoms with Crippen LogP contribution in [-0.4, -0.2) is 52.1 Å². The highest BCUT2D eigenvalue weighted by Crippen LogP contribution is 2.32. The number of imide groups is 1. The number of carbonyl (C=O) groups is 5. The van der Waals surface area contributed by atoms with Gasteiger partial charge in [0.25, 0.3) is 11.8 Å². The van der Waals surface area contributed by atoms with Gasteiger partial charge in [-0.15, -0.1) is 0 Å². The molecular formula is C23H30N2O7. The summed E-state index contributed by atoms with van der Waals surface area (Å²) in [5, 5.41) is 2.58. The second kappa shape index (κ2) is 8.72. The molecule has 9 nitrogen and oxygen atoms in total. The Labute approximate surface area is 187 Å². The molecule has 1 atom stereocenters. The fourth-order valence-electron chi connectivity index (χ4n) is 3.07. The van der Waals surface area contributed by atoms with E-state index >= 15 is 0 Å². The second-order valence-electron chi connectivity index (χ2n) is 9.49. The predicted octanol–water partition coefficient (Wildman–Crippen LogP) is 3.36. The minimum absolute atomic E-state index is 0.190. The standard InChI is InChI=1S/C23H30N2O7/c1-12(2)31-16-11-14(13(3)26)9-10-15(16)24-19(28)17(18(27)22(4,5)6)25-20(29)23(7,8)32-21(25)30/h9-12,17H,1-8H3,(H,24,28). The molecule has 0 aromatic heterocycles. The van der Waals surface area contributed by atoms with Crippen molar-refractivity contribution < 1.29 is 33.4 Å². The third-order valence-electron chi connectivity index (χ3n) is 4.78. The van der Waals surface area contributed by atoms with E-state index in [9.17, 15) is 24.0 Å². The maximum atomic E-state index is 13.3. The molecule has 0 bridgehead atoms. The van der Waals surface area contributed by atoms with Gasteiger partial charge in [-0.2, -0.15) is 0 Å². The Morgan fingerprint density at radius 1 is 1.12 bits per heavy atom. The Bertz CT molecular complexity index is 973. The Hall–Kier alpha value is -3.23. The average Bonchev–Trinajstić information content (AvgIpc) is 2.83. The number of nitrogens with one attached hydrogen (secondary N) is 1. The number of nitrogens with zero attached hydrogens (tertiary/aromatic N) is 1. The van der Waals surface area contributed by atoms with Gasteiger partial charge in [0.1, 0.15) is 5.75 Å². The lowest BCUT2D eigenvalue weighted by atomic mass is 9.85. The van der Waals surface area contributed by atoms with Crippen LogP contribution in [0.2, 0.25) is 0 Å². The molecule has 1 aliphatic heterocycles. The summed E-state index contributed by atoms with van der Waals surface area (Å²) in [5.41, 5.74) is -1.96. The number of carbonyl (C=O) groups excluding carboxylic acids is 5. The van der Waals surface area contributed by atoms with Gasteiger partial charge in [0, 0.05) is 11.0 Å². The summed E-state index contributed by atoms with van der Waals surface area (Å²) in [6.45, 7) is 12.5. The summed E-state index contributed by atoms with van der Waals surface area (Å²) in [7, 11) is 0. The Kier molecular flexibility index (Phi) is 6.82. The van der Waals surface area contributed by atoms with Crippen LogP contribution < -0.4 is 10.1 Å². The number of Topliss-reactive ketones (excluding diaryl/α,β-unsaturated/α-hetero) is 2. The maximum Gasteiger partial charge on any atom is 0.418 e. The van der Waals surface area contributed by atoms with Gasteiger partial charge in [0.05, 0.1) is 11.8 Å². The molecule has 1 N–H and O–H groups in total. The summed E-state index contributed by atoms with van der Waals surface area (Å²) in [4.78, 5) is 64.0. The predicted molar refractivity (Wildman–Crippen MR) is 116 cm³/mol. The molecule has 9 heteroatoms. The first-order valence-electron chi connectivity index (χ1n) is 10.3. The summed E-state index contributed by atoms with van der Waals surface area (Å²) >= 11 is 0. The van der Waals surface area contributed by atoms with Gasteiger partial charge in [-0.05, 0) is 52.8 Å². The van der Waals surface area contributed by atoms with E-state index in [4.69, 9.17) is 9.47 Å². The monoisotopic (exact) mass is 446 g/mol. The molecule has 1 saturated heterocycles. The average molecular weight is 447 g/mol. The van der Waals surface area contributed by atoms with Crippen molar-refractivity contribution in [2.75, 3.05) is 5.32 Å². The van der Waals surface area contributed by atoms with Gasteiger partial charge in [-0.25, -0.2) is 9.69 Å². The van der Waals surface area contributed by atoms with Gasteiger partial charge in [-0.3, -0.25) is 19.2 Å². The van der Waals surface area contributed by atoms with E-state index in [1.54, 1.807) is 34.6 Å². The second-order valence-corrected chi connectivity index (χ2v) is 9.49. The van der Waals surface area contributed by atoms with Crippen LogP contribution in [0.1, 0.15) is 65.7 Å². The number of ketones is 2. The van der Waals surface area contributed by atoms with Crippen LogP contribution in [0.4, 0.5) is 10.5 Å². The highest BCUT2D eigenvalue weighted by atomic mass is 16.6. The third kappa shape index (κ3) is 5.15. The SMILES string of the molecule is CC(=O)c1ccc(NC(=O)C(C(=O)C(C)(C)C)N2C(=O)OC(C)(C)C2=O)c(OC(C)C)c1. The fraction of sp³-hybridized carbons (Fsp3) is 0.522. The molecule has 1 unspecified atom stereocenters. The molecule has 174 valence electrons. The molecule has 1 aromatic rings. The van der Waals surface area contributed by atoms with Crippen molar-refractivity contribution in [3.63, 3.8) is 0 Å². The zero-order valence-electron chi connectivity index (χ0n) is 19.7. The maximum absolute atomic E-state index is 13.3. The number of anilines is 1. The smallest absolute Gasteiger partial charge is 0.418 e. The Balaban J connectivity index is 2.50. The molecule has 0 radical (unpaired) electrons. The van der Waals surface area contributed by atoms with Crippen molar-refractivity contribution in [1.29, 1.82) is 0 Å². The van der Waals surface area contributed by atoms with Crippen molar-refractivity contribution in [3.8, 4) is 5.75 Å². The zero-order chi connectivity index (χ0) is 24.6. The molecule has 32 heavy (non-hydrogen) atoms. The molecule has 1 heterocycles. The first-order chi connectivity index (χ1) is 14.6. The molecular weight excluding hydrogens is 416 g/mol. The van der Waals surface area contributed by atoms with Gasteiger partial charge in [0.2, 0.25) is 0 Å². The number of hydrogen-bond donors (Lipinski definition) is 1. The van der Waals surface area contributed by atoms with Crippen molar-refractivity contribution in [2.24, 2.45) is 5.41 Å². The van der Waals surface area contributed by atoms with Crippen LogP contribution in [0.3, 0.4) is 0 Å². The molecule has 2 rings (SSSR count). The zero-order valence-corrected chi connectivity index (χ0v) is 19.7. The lowest BCUT2D eigenvalue weighted by Gasteiger charge is -2.28. The van der Waals surface area contributed by atoms with Crippen LogP contribution in [0.5, 0.6) is 5.75 Å². The molecule has 0 aliphatic carbocycles. The van der Waals surface area contributed by atoms with Gasteiger partial charge in [0.15, 0.2) is 23.2 Å². The van der Waals surface area contributed by atoms with Crippen molar-refractivity contribution in [3.05, 3.63) is 23.8 Å². The van der Waals surface area contributed by atoms with Crippen molar-refractivity contribution in [1.82, 2.24) is 4.90 Å². The van der Waals surface area contributed by atoms with E-state index < -0.39 is 40.7 Å². The van der Waals surface area contributed by atoms with E-state index in [-0.39, 0.29) is 23.3 Å². The van der Waals surface area contributed by atoms with Crippen LogP contribution in [-0.2, 0) is 19.1 Å². The lowest BCUT2D eigenvalue weighted by Crippen LogP contribution is -2.55. The Morgan fingerprint density at radius 3 is 2.16 bits per heavy atom. The number of cyclic esters (lactones) is 1. The third-order valence-corrected chi connectivity index (χ3v) is 4.78. The molecule has 1 aromatic carbocycles. The molecule has 1 fully saturated rings. The fourth-order valence-corrected chi connectivity index (χ4v) is 3.07. The summed E-state index contributed by atoms with van der Waals surface area (Å²) in [6.07, 6.45) is -1.33. The van der Waals surface area contributed by atoms with Crippen molar-refractivity contribution >= 4 is 35.2 Å². The normalized spacial score (nSPS) is 16.6. The van der Waals surface area contributed by atoms with Crippen LogP contribution in [0.25, 0.3) is 0 Å². The number of benzene rings is 1. The van der Waals surface area contributed by atoms with Crippen LogP contribution in [0, 0.1) is 5.41 Å². The molecule has 0 saturated carbocycles. The van der Waals surface area contributed by atoms with Crippen LogP contribution in [0.15, 0.2) is 18.2 Å². The number of hydrogen-bond acceptors (Lipinski definition) is 7. The van der Waals surface area contributed by atoms with Gasteiger partial charge < -0.3 is 14.8 Å². The number of amides is 3. The van der Waals surface area contributed by atoms with Crippen LogP contribution >= 0.6 is 0 Å².